The van der Waals surface area contributed by atoms with Crippen molar-refractivity contribution in [1.82, 2.24) is 15.2 Å². The minimum atomic E-state index is -0.356. The van der Waals surface area contributed by atoms with Gasteiger partial charge in [0.15, 0.2) is 12.4 Å². The summed E-state index contributed by atoms with van der Waals surface area (Å²) in [6.07, 6.45) is 0.765. The van der Waals surface area contributed by atoms with Gasteiger partial charge in [0.05, 0.1) is 10.0 Å². The highest BCUT2D eigenvalue weighted by molar-refractivity contribution is 7.15. The molecule has 9 heteroatoms. The third kappa shape index (κ3) is 4.00. The molecule has 3 aromatic rings. The van der Waals surface area contributed by atoms with Gasteiger partial charge in [0, 0.05) is 11.1 Å². The third-order valence-electron chi connectivity index (χ3n) is 3.34. The van der Waals surface area contributed by atoms with Gasteiger partial charge in [0.1, 0.15) is 10.5 Å². The number of halogens is 2. The average molecular weight is 397 g/mol. The second kappa shape index (κ2) is 7.51. The number of aryl methyl sites for hydroxylation is 2. The van der Waals surface area contributed by atoms with Crippen molar-refractivity contribution < 1.29 is 9.53 Å². The predicted octanol–water partition coefficient (Wildman–Crippen LogP) is 4.28. The lowest BCUT2D eigenvalue weighted by molar-refractivity contribution is -0.118. The average Bonchev–Trinajstić information content (AvgIpc) is 3.01. The molecule has 0 saturated carbocycles. The molecular weight excluding hydrogens is 383 g/mol. The number of fused-ring (bicyclic) bond motifs is 1. The molecule has 1 aromatic carbocycles. The zero-order valence-corrected chi connectivity index (χ0v) is 15.8. The van der Waals surface area contributed by atoms with E-state index in [9.17, 15) is 4.79 Å². The van der Waals surface area contributed by atoms with Crippen LogP contribution in [-0.2, 0) is 11.2 Å². The summed E-state index contributed by atoms with van der Waals surface area (Å²) in [5.41, 5.74) is 1.32. The van der Waals surface area contributed by atoms with E-state index in [0.717, 1.165) is 17.1 Å². The van der Waals surface area contributed by atoms with E-state index in [0.29, 0.717) is 31.8 Å². The minimum absolute atomic E-state index is 0.229. The number of hydrogen-bond donors (Lipinski definition) is 1. The molecule has 0 unspecified atom stereocenters. The second-order valence-corrected chi connectivity index (χ2v) is 7.09. The van der Waals surface area contributed by atoms with Crippen molar-refractivity contribution in [2.24, 2.45) is 0 Å². The quantitative estimate of drug-likeness (QED) is 0.695. The van der Waals surface area contributed by atoms with Crippen molar-refractivity contribution in [2.45, 2.75) is 20.3 Å². The summed E-state index contributed by atoms with van der Waals surface area (Å²) < 4.78 is 5.62. The van der Waals surface area contributed by atoms with Crippen molar-refractivity contribution in [3.05, 3.63) is 38.9 Å². The van der Waals surface area contributed by atoms with Crippen molar-refractivity contribution >= 4 is 56.5 Å². The fourth-order valence-electron chi connectivity index (χ4n) is 2.17. The number of nitrogens with one attached hydrogen (secondary N) is 1. The summed E-state index contributed by atoms with van der Waals surface area (Å²) in [5, 5.41) is 13.3. The highest BCUT2D eigenvalue weighted by Crippen LogP contribution is 2.37. The van der Waals surface area contributed by atoms with Crippen molar-refractivity contribution in [1.29, 1.82) is 0 Å². The molecule has 2 heterocycles. The molecule has 0 fully saturated rings. The summed E-state index contributed by atoms with van der Waals surface area (Å²) in [6, 6.07) is 5.27. The van der Waals surface area contributed by atoms with Crippen LogP contribution in [0.15, 0.2) is 18.2 Å². The number of hydrogen-bond acceptors (Lipinski definition) is 6. The maximum absolute atomic E-state index is 12.1. The maximum atomic E-state index is 12.1. The Morgan fingerprint density at radius 1 is 1.28 bits per heavy atom. The number of aromatic nitrogens is 3. The Kier molecular flexibility index (Phi) is 5.36. The number of rotatable bonds is 5. The molecule has 1 amide bonds. The molecule has 0 atom stereocenters. The van der Waals surface area contributed by atoms with Gasteiger partial charge in [-0.3, -0.25) is 10.1 Å². The lowest BCUT2D eigenvalue weighted by Crippen LogP contribution is -2.20. The zero-order valence-electron chi connectivity index (χ0n) is 13.5. The smallest absolute Gasteiger partial charge is 0.264 e. The van der Waals surface area contributed by atoms with E-state index >= 15 is 0 Å². The molecule has 2 aromatic heterocycles. The first-order valence-corrected chi connectivity index (χ1v) is 9.05. The van der Waals surface area contributed by atoms with E-state index < -0.39 is 0 Å². The Bertz CT molecular complexity index is 945. The van der Waals surface area contributed by atoms with E-state index in [1.807, 2.05) is 26.0 Å². The lowest BCUT2D eigenvalue weighted by atomic mass is 10.2. The van der Waals surface area contributed by atoms with Gasteiger partial charge < -0.3 is 4.74 Å². The topological polar surface area (TPSA) is 77.0 Å². The second-order valence-electron chi connectivity index (χ2n) is 5.21. The maximum Gasteiger partial charge on any atom is 0.264 e. The van der Waals surface area contributed by atoms with E-state index in [1.165, 1.54) is 11.3 Å². The normalized spacial score (nSPS) is 10.9. The standard InChI is InChI=1S/C16H14Cl2N4O2S/c1-3-13-21-22-16(25-13)20-12(23)7-24-15-11(18)6-10(17)9-5-4-8(2)19-14(9)15/h4-6H,3,7H2,1-2H3,(H,20,22,23). The van der Waals surface area contributed by atoms with Gasteiger partial charge in [0.2, 0.25) is 5.13 Å². The van der Waals surface area contributed by atoms with Gasteiger partial charge >= 0.3 is 0 Å². The highest BCUT2D eigenvalue weighted by Gasteiger charge is 2.15. The number of carbonyl (C=O) groups is 1. The summed E-state index contributed by atoms with van der Waals surface area (Å²) in [4.78, 5) is 16.5. The van der Waals surface area contributed by atoms with Gasteiger partial charge in [-0.2, -0.15) is 0 Å². The van der Waals surface area contributed by atoms with Crippen LogP contribution in [0.5, 0.6) is 5.75 Å². The molecule has 1 N–H and O–H groups in total. The monoisotopic (exact) mass is 396 g/mol. The van der Waals surface area contributed by atoms with E-state index in [2.05, 4.69) is 20.5 Å². The van der Waals surface area contributed by atoms with Crippen LogP contribution in [0.4, 0.5) is 5.13 Å². The SMILES string of the molecule is CCc1nnc(NC(=O)COc2c(Cl)cc(Cl)c3ccc(C)nc23)s1. The molecule has 6 nitrogen and oxygen atoms in total. The molecule has 0 spiro atoms. The third-order valence-corrected chi connectivity index (χ3v) is 4.92. The molecule has 0 bridgehead atoms. The predicted molar refractivity (Wildman–Crippen MR) is 99.9 cm³/mol. The highest BCUT2D eigenvalue weighted by atomic mass is 35.5. The fourth-order valence-corrected chi connectivity index (χ4v) is 3.43. The van der Waals surface area contributed by atoms with Crippen molar-refractivity contribution in [2.75, 3.05) is 11.9 Å². The number of carbonyl (C=O) groups excluding carboxylic acids is 1. The van der Waals surface area contributed by atoms with Crippen LogP contribution in [0.2, 0.25) is 10.0 Å². The van der Waals surface area contributed by atoms with Crippen LogP contribution >= 0.6 is 34.5 Å². The van der Waals surface area contributed by atoms with Crippen molar-refractivity contribution in [3.8, 4) is 5.75 Å². The van der Waals surface area contributed by atoms with Crippen LogP contribution in [-0.4, -0.2) is 27.7 Å². The molecule has 0 aliphatic rings. The number of anilines is 1. The molecule has 0 saturated heterocycles. The van der Waals surface area contributed by atoms with Crippen LogP contribution in [0, 0.1) is 6.92 Å². The largest absolute Gasteiger partial charge is 0.480 e. The first-order valence-electron chi connectivity index (χ1n) is 7.48. The summed E-state index contributed by atoms with van der Waals surface area (Å²) in [7, 11) is 0. The summed E-state index contributed by atoms with van der Waals surface area (Å²) in [5.74, 6) is -0.0305. The van der Waals surface area contributed by atoms with Crippen molar-refractivity contribution in [3.63, 3.8) is 0 Å². The lowest BCUT2D eigenvalue weighted by Gasteiger charge is -2.12. The Balaban J connectivity index is 1.78. The Labute approximate surface area is 158 Å². The van der Waals surface area contributed by atoms with E-state index in [4.69, 9.17) is 27.9 Å². The van der Waals surface area contributed by atoms with Crippen LogP contribution in [0.25, 0.3) is 10.9 Å². The molecule has 130 valence electrons. The number of nitrogens with zero attached hydrogens (tertiary/aromatic N) is 3. The van der Waals surface area contributed by atoms with Gasteiger partial charge in [-0.25, -0.2) is 4.98 Å². The fraction of sp³-hybridized carbons (Fsp3) is 0.250. The summed E-state index contributed by atoms with van der Waals surface area (Å²) >= 11 is 13.8. The molecule has 25 heavy (non-hydrogen) atoms. The number of pyridine rings is 1. The van der Waals surface area contributed by atoms with Gasteiger partial charge in [-0.15, -0.1) is 10.2 Å². The van der Waals surface area contributed by atoms with Gasteiger partial charge in [-0.1, -0.05) is 41.5 Å². The van der Waals surface area contributed by atoms with E-state index in [-0.39, 0.29) is 12.5 Å². The van der Waals surface area contributed by atoms with Crippen LogP contribution < -0.4 is 10.1 Å². The first-order chi connectivity index (χ1) is 12.0. The van der Waals surface area contributed by atoms with Gasteiger partial charge in [0.25, 0.3) is 5.91 Å². The van der Waals surface area contributed by atoms with E-state index in [1.54, 1.807) is 6.07 Å². The van der Waals surface area contributed by atoms with Crippen LogP contribution in [0.1, 0.15) is 17.6 Å². The minimum Gasteiger partial charge on any atom is -0.480 e. The zero-order chi connectivity index (χ0) is 18.0. The van der Waals surface area contributed by atoms with Crippen LogP contribution in [0.3, 0.4) is 0 Å². The number of amides is 1. The molecular formula is C16H14Cl2N4O2S. The molecule has 0 aliphatic heterocycles. The molecule has 0 aliphatic carbocycles. The molecule has 3 rings (SSSR count). The number of ether oxygens (including phenoxy) is 1. The molecule has 0 radical (unpaired) electrons. The number of benzene rings is 1. The van der Waals surface area contributed by atoms with Gasteiger partial charge in [-0.05, 0) is 31.5 Å². The Morgan fingerprint density at radius 2 is 2.08 bits per heavy atom. The summed E-state index contributed by atoms with van der Waals surface area (Å²) in [6.45, 7) is 3.59. The Morgan fingerprint density at radius 3 is 2.80 bits per heavy atom. The first kappa shape index (κ1) is 17.8. The Hall–Kier alpha value is -1.96.